The molecule has 1 atom stereocenters. The number of aromatic hydroxyl groups is 1. The standard InChI is InChI=1S/C14H15NO2/c1-2-14(17)11-5-3-10(4-6-11)12-7-13(16)9-15-8-12/h3-9,14,16-17H,2H2,1H3. The fourth-order valence-electron chi connectivity index (χ4n) is 1.72. The van der Waals surface area contributed by atoms with Gasteiger partial charge in [-0.3, -0.25) is 4.98 Å². The number of aliphatic hydroxyl groups is 1. The summed E-state index contributed by atoms with van der Waals surface area (Å²) in [6, 6.07) is 9.30. The minimum Gasteiger partial charge on any atom is -0.506 e. The molecule has 0 radical (unpaired) electrons. The Morgan fingerprint density at radius 2 is 1.82 bits per heavy atom. The maximum Gasteiger partial charge on any atom is 0.134 e. The van der Waals surface area contributed by atoms with Gasteiger partial charge in [0.2, 0.25) is 0 Å². The van der Waals surface area contributed by atoms with Gasteiger partial charge in [-0.15, -0.1) is 0 Å². The molecular weight excluding hydrogens is 214 g/mol. The van der Waals surface area contributed by atoms with Crippen molar-refractivity contribution in [3.63, 3.8) is 0 Å². The van der Waals surface area contributed by atoms with Gasteiger partial charge in [0.1, 0.15) is 5.75 Å². The van der Waals surface area contributed by atoms with Crippen molar-refractivity contribution in [1.82, 2.24) is 4.98 Å². The van der Waals surface area contributed by atoms with Gasteiger partial charge in [-0.25, -0.2) is 0 Å². The summed E-state index contributed by atoms with van der Waals surface area (Å²) in [5, 5.41) is 19.0. The predicted molar refractivity (Wildman–Crippen MR) is 66.6 cm³/mol. The summed E-state index contributed by atoms with van der Waals surface area (Å²) in [4.78, 5) is 3.93. The van der Waals surface area contributed by atoms with E-state index in [0.29, 0.717) is 6.42 Å². The Hall–Kier alpha value is -1.87. The summed E-state index contributed by atoms with van der Waals surface area (Å²) in [7, 11) is 0. The molecule has 1 heterocycles. The molecule has 0 spiro atoms. The second kappa shape index (κ2) is 4.97. The molecule has 1 aromatic heterocycles. The molecule has 0 aliphatic carbocycles. The predicted octanol–water partition coefficient (Wildman–Crippen LogP) is 2.90. The molecular formula is C14H15NO2. The molecule has 0 saturated heterocycles. The van der Waals surface area contributed by atoms with E-state index in [0.717, 1.165) is 16.7 Å². The van der Waals surface area contributed by atoms with Crippen LogP contribution in [0.2, 0.25) is 0 Å². The lowest BCUT2D eigenvalue weighted by Gasteiger charge is -2.09. The molecule has 0 fully saturated rings. The summed E-state index contributed by atoms with van der Waals surface area (Å²) in [6.07, 6.45) is 3.39. The summed E-state index contributed by atoms with van der Waals surface area (Å²) >= 11 is 0. The molecule has 2 aromatic rings. The molecule has 0 saturated carbocycles. The Labute approximate surface area is 100 Å². The van der Waals surface area contributed by atoms with Gasteiger partial charge in [-0.1, -0.05) is 31.2 Å². The van der Waals surface area contributed by atoms with Crippen LogP contribution in [0.15, 0.2) is 42.7 Å². The molecule has 88 valence electrons. The Morgan fingerprint density at radius 3 is 2.41 bits per heavy atom. The van der Waals surface area contributed by atoms with E-state index in [1.807, 2.05) is 31.2 Å². The van der Waals surface area contributed by atoms with Gasteiger partial charge in [0, 0.05) is 11.8 Å². The van der Waals surface area contributed by atoms with Gasteiger partial charge in [0.15, 0.2) is 0 Å². The largest absolute Gasteiger partial charge is 0.506 e. The van der Waals surface area contributed by atoms with Crippen molar-refractivity contribution >= 4 is 0 Å². The summed E-state index contributed by atoms with van der Waals surface area (Å²) in [6.45, 7) is 1.94. The van der Waals surface area contributed by atoms with E-state index in [1.54, 1.807) is 12.3 Å². The lowest BCUT2D eigenvalue weighted by atomic mass is 10.0. The first-order chi connectivity index (χ1) is 8.20. The molecule has 1 unspecified atom stereocenters. The van der Waals surface area contributed by atoms with Crippen molar-refractivity contribution in [3.05, 3.63) is 48.3 Å². The van der Waals surface area contributed by atoms with Crippen LogP contribution in [0.5, 0.6) is 5.75 Å². The van der Waals surface area contributed by atoms with Crippen LogP contribution in [-0.4, -0.2) is 15.2 Å². The number of aliphatic hydroxyl groups excluding tert-OH is 1. The third kappa shape index (κ3) is 2.63. The third-order valence-electron chi connectivity index (χ3n) is 2.74. The number of nitrogens with zero attached hydrogens (tertiary/aromatic N) is 1. The molecule has 1 aromatic carbocycles. The lowest BCUT2D eigenvalue weighted by Crippen LogP contribution is -1.94. The molecule has 2 rings (SSSR count). The van der Waals surface area contributed by atoms with Crippen molar-refractivity contribution in [3.8, 4) is 16.9 Å². The second-order valence-corrected chi connectivity index (χ2v) is 3.98. The first-order valence-corrected chi connectivity index (χ1v) is 5.63. The Bertz CT molecular complexity index is 494. The van der Waals surface area contributed by atoms with Crippen molar-refractivity contribution in [2.75, 3.05) is 0 Å². The van der Waals surface area contributed by atoms with Crippen molar-refractivity contribution in [2.45, 2.75) is 19.4 Å². The zero-order valence-corrected chi connectivity index (χ0v) is 9.67. The zero-order valence-electron chi connectivity index (χ0n) is 9.67. The Morgan fingerprint density at radius 1 is 1.12 bits per heavy atom. The van der Waals surface area contributed by atoms with Gasteiger partial charge in [0.25, 0.3) is 0 Å². The molecule has 0 bridgehead atoms. The van der Waals surface area contributed by atoms with E-state index in [1.165, 1.54) is 6.20 Å². The van der Waals surface area contributed by atoms with Crippen molar-refractivity contribution < 1.29 is 10.2 Å². The van der Waals surface area contributed by atoms with Gasteiger partial charge < -0.3 is 10.2 Å². The molecule has 3 nitrogen and oxygen atoms in total. The quantitative estimate of drug-likeness (QED) is 0.850. The normalized spacial score (nSPS) is 12.4. The van der Waals surface area contributed by atoms with Crippen LogP contribution in [-0.2, 0) is 0 Å². The van der Waals surface area contributed by atoms with Crippen LogP contribution in [0.1, 0.15) is 25.0 Å². The lowest BCUT2D eigenvalue weighted by molar-refractivity contribution is 0.173. The first-order valence-electron chi connectivity index (χ1n) is 5.63. The number of hydrogen-bond acceptors (Lipinski definition) is 3. The van der Waals surface area contributed by atoms with E-state index in [9.17, 15) is 10.2 Å². The third-order valence-corrected chi connectivity index (χ3v) is 2.74. The van der Waals surface area contributed by atoms with Gasteiger partial charge in [-0.2, -0.15) is 0 Å². The molecule has 0 aliphatic rings. The highest BCUT2D eigenvalue weighted by molar-refractivity contribution is 5.64. The molecule has 17 heavy (non-hydrogen) atoms. The van der Waals surface area contributed by atoms with E-state index >= 15 is 0 Å². The minimum atomic E-state index is -0.411. The number of pyridine rings is 1. The number of benzene rings is 1. The zero-order chi connectivity index (χ0) is 12.3. The summed E-state index contributed by atoms with van der Waals surface area (Å²) < 4.78 is 0. The van der Waals surface area contributed by atoms with Crippen LogP contribution in [0, 0.1) is 0 Å². The topological polar surface area (TPSA) is 53.4 Å². The SMILES string of the molecule is CCC(O)c1ccc(-c2cncc(O)c2)cc1. The van der Waals surface area contributed by atoms with Crippen LogP contribution < -0.4 is 0 Å². The average Bonchev–Trinajstić information content (AvgIpc) is 2.38. The van der Waals surface area contributed by atoms with E-state index in [-0.39, 0.29) is 5.75 Å². The van der Waals surface area contributed by atoms with Gasteiger partial charge >= 0.3 is 0 Å². The summed E-state index contributed by atoms with van der Waals surface area (Å²) in [5.74, 6) is 0.153. The van der Waals surface area contributed by atoms with E-state index in [4.69, 9.17) is 0 Å². The van der Waals surface area contributed by atoms with Gasteiger partial charge in [-0.05, 0) is 23.6 Å². The maximum atomic E-state index is 9.68. The first kappa shape index (κ1) is 11.6. The minimum absolute atomic E-state index is 0.153. The highest BCUT2D eigenvalue weighted by Gasteiger charge is 2.05. The maximum absolute atomic E-state index is 9.68. The number of hydrogen-bond donors (Lipinski definition) is 2. The molecule has 2 N–H and O–H groups in total. The monoisotopic (exact) mass is 229 g/mol. The Balaban J connectivity index is 2.29. The smallest absolute Gasteiger partial charge is 0.134 e. The van der Waals surface area contributed by atoms with E-state index in [2.05, 4.69) is 4.98 Å². The van der Waals surface area contributed by atoms with Crippen LogP contribution in [0.25, 0.3) is 11.1 Å². The molecule has 0 aliphatic heterocycles. The number of aromatic nitrogens is 1. The molecule has 3 heteroatoms. The summed E-state index contributed by atoms with van der Waals surface area (Å²) in [5.41, 5.74) is 2.74. The van der Waals surface area contributed by atoms with Crippen LogP contribution >= 0.6 is 0 Å². The fourth-order valence-corrected chi connectivity index (χ4v) is 1.72. The van der Waals surface area contributed by atoms with Crippen LogP contribution in [0.3, 0.4) is 0 Å². The average molecular weight is 229 g/mol. The molecule has 0 amide bonds. The van der Waals surface area contributed by atoms with Gasteiger partial charge in [0.05, 0.1) is 12.3 Å². The Kier molecular flexibility index (Phi) is 3.40. The van der Waals surface area contributed by atoms with E-state index < -0.39 is 6.10 Å². The number of rotatable bonds is 3. The second-order valence-electron chi connectivity index (χ2n) is 3.98. The highest BCUT2D eigenvalue weighted by atomic mass is 16.3. The van der Waals surface area contributed by atoms with Crippen molar-refractivity contribution in [1.29, 1.82) is 0 Å². The highest BCUT2D eigenvalue weighted by Crippen LogP contribution is 2.24. The van der Waals surface area contributed by atoms with Crippen LogP contribution in [0.4, 0.5) is 0 Å². The fraction of sp³-hybridized carbons (Fsp3) is 0.214. The van der Waals surface area contributed by atoms with Crippen molar-refractivity contribution in [2.24, 2.45) is 0 Å².